The van der Waals surface area contributed by atoms with Gasteiger partial charge in [0.15, 0.2) is 0 Å². The van der Waals surface area contributed by atoms with E-state index in [0.29, 0.717) is 25.1 Å². The molecule has 0 aliphatic rings. The van der Waals surface area contributed by atoms with Gasteiger partial charge in [-0.05, 0) is 50.3 Å². The van der Waals surface area contributed by atoms with Gasteiger partial charge in [0, 0.05) is 33.0 Å². The summed E-state index contributed by atoms with van der Waals surface area (Å²) in [4.78, 5) is 35.9. The summed E-state index contributed by atoms with van der Waals surface area (Å²) in [6.45, 7) is 3.79. The van der Waals surface area contributed by atoms with Crippen molar-refractivity contribution in [3.05, 3.63) is 50.7 Å². The molecule has 1 N–H and O–H groups in total. The van der Waals surface area contributed by atoms with E-state index in [0.717, 1.165) is 27.7 Å². The molecule has 0 aliphatic carbocycles. The van der Waals surface area contributed by atoms with Gasteiger partial charge < -0.3 is 14.8 Å². The van der Waals surface area contributed by atoms with Gasteiger partial charge >= 0.3 is 17.8 Å². The van der Waals surface area contributed by atoms with Crippen LogP contribution in [0.3, 0.4) is 0 Å². The second-order valence-electron chi connectivity index (χ2n) is 8.43. The Hall–Kier alpha value is -3.31. The summed E-state index contributed by atoms with van der Waals surface area (Å²) in [6, 6.07) is 7.59. The number of ether oxygens (including phenoxy) is 2. The van der Waals surface area contributed by atoms with Crippen molar-refractivity contribution in [3.8, 4) is 5.75 Å². The molecule has 0 spiro atoms. The van der Waals surface area contributed by atoms with E-state index in [2.05, 4.69) is 10.4 Å². The second-order valence-corrected chi connectivity index (χ2v) is 8.43. The molecule has 0 saturated heterocycles. The molecule has 1 unspecified atom stereocenters. The Balaban J connectivity index is 1.84. The molecule has 1 atom stereocenters. The summed E-state index contributed by atoms with van der Waals surface area (Å²) < 4.78 is 49.8. The van der Waals surface area contributed by atoms with Crippen molar-refractivity contribution in [2.24, 2.45) is 7.05 Å². The zero-order chi connectivity index (χ0) is 26.7. The normalized spacial score (nSPS) is 12.3. The molecule has 2 aromatic rings. The topological polar surface area (TPSA) is 104 Å². The minimum absolute atomic E-state index is 0.0720. The third-order valence-corrected chi connectivity index (χ3v) is 5.24. The molecule has 36 heavy (non-hydrogen) atoms. The van der Waals surface area contributed by atoms with E-state index in [1.165, 1.54) is 7.05 Å². The number of hydrogen-bond acceptors (Lipinski definition) is 7. The minimum atomic E-state index is -4.35. The lowest BCUT2D eigenvalue weighted by Gasteiger charge is -2.15. The summed E-state index contributed by atoms with van der Waals surface area (Å²) in [5.41, 5.74) is -0.436. The van der Waals surface area contributed by atoms with E-state index < -0.39 is 23.8 Å². The standard InChI is InChI=1S/C24H33F3N4O5/c1-4-20(32)35-16-17(2)36-19-11-7-10-18(15-19)9-5-6-13-28-21-22(33)31(23(34)30(3)29-21)14-8-12-24(25,26)27/h7,10-11,15,17H,4-6,8-9,12-14,16H2,1-3H3,(H,28,29). The molecule has 1 heterocycles. The molecule has 12 heteroatoms. The first kappa shape index (κ1) is 28.9. The lowest BCUT2D eigenvalue weighted by molar-refractivity contribution is -0.145. The molecule has 0 aliphatic heterocycles. The molecular formula is C24H33F3N4O5. The number of nitrogens with one attached hydrogen (secondary N) is 1. The molecule has 0 fully saturated rings. The first-order chi connectivity index (χ1) is 17.0. The van der Waals surface area contributed by atoms with Crippen molar-refractivity contribution in [2.75, 3.05) is 18.5 Å². The van der Waals surface area contributed by atoms with E-state index in [4.69, 9.17) is 9.47 Å². The summed E-state index contributed by atoms with van der Waals surface area (Å²) in [6.07, 6.45) is -3.55. The van der Waals surface area contributed by atoms with Crippen molar-refractivity contribution in [1.82, 2.24) is 14.3 Å². The molecule has 0 bridgehead atoms. The highest BCUT2D eigenvalue weighted by atomic mass is 19.4. The maximum atomic E-state index is 12.5. The van der Waals surface area contributed by atoms with E-state index in [1.807, 2.05) is 31.2 Å². The number of benzene rings is 1. The van der Waals surface area contributed by atoms with Crippen LogP contribution in [0.15, 0.2) is 33.9 Å². The zero-order valence-corrected chi connectivity index (χ0v) is 20.8. The Morgan fingerprint density at radius 2 is 1.94 bits per heavy atom. The first-order valence-corrected chi connectivity index (χ1v) is 11.9. The Morgan fingerprint density at radius 1 is 1.19 bits per heavy atom. The Kier molecular flexibility index (Phi) is 11.0. The van der Waals surface area contributed by atoms with E-state index in [9.17, 15) is 27.6 Å². The Morgan fingerprint density at radius 3 is 2.64 bits per heavy atom. The van der Waals surface area contributed by atoms with Crippen LogP contribution < -0.4 is 21.3 Å². The fourth-order valence-electron chi connectivity index (χ4n) is 3.38. The third kappa shape index (κ3) is 9.74. The number of nitrogens with zero attached hydrogens (tertiary/aromatic N) is 3. The van der Waals surface area contributed by atoms with Crippen LogP contribution in [-0.2, 0) is 29.5 Å². The number of esters is 1. The third-order valence-electron chi connectivity index (χ3n) is 5.24. The SMILES string of the molecule is CCC(=O)OCC(C)Oc1cccc(CCCCNc2nn(C)c(=O)n(CCCC(F)(F)F)c2=O)c1. The van der Waals surface area contributed by atoms with Gasteiger partial charge in [0.2, 0.25) is 5.82 Å². The largest absolute Gasteiger partial charge is 0.487 e. The van der Waals surface area contributed by atoms with E-state index >= 15 is 0 Å². The highest BCUT2D eigenvalue weighted by molar-refractivity contribution is 5.68. The van der Waals surface area contributed by atoms with Crippen LogP contribution in [0.5, 0.6) is 5.75 Å². The number of unbranched alkanes of at least 4 members (excludes halogenated alkanes) is 1. The van der Waals surface area contributed by atoms with Crippen molar-refractivity contribution in [1.29, 1.82) is 0 Å². The van der Waals surface area contributed by atoms with Gasteiger partial charge in [0.1, 0.15) is 18.5 Å². The number of carbonyl (C=O) groups excluding carboxylic acids is 1. The number of rotatable bonds is 14. The van der Waals surface area contributed by atoms with Gasteiger partial charge in [-0.1, -0.05) is 19.1 Å². The van der Waals surface area contributed by atoms with Gasteiger partial charge in [0.25, 0.3) is 5.56 Å². The van der Waals surface area contributed by atoms with E-state index in [-0.39, 0.29) is 37.5 Å². The lowest BCUT2D eigenvalue weighted by atomic mass is 10.1. The van der Waals surface area contributed by atoms with Crippen LogP contribution in [-0.4, -0.2) is 45.7 Å². The molecular weight excluding hydrogens is 481 g/mol. The average molecular weight is 515 g/mol. The predicted octanol–water partition coefficient (Wildman–Crippen LogP) is 3.44. The van der Waals surface area contributed by atoms with Crippen molar-refractivity contribution in [3.63, 3.8) is 0 Å². The monoisotopic (exact) mass is 514 g/mol. The van der Waals surface area contributed by atoms with Crippen LogP contribution in [0.2, 0.25) is 0 Å². The van der Waals surface area contributed by atoms with Gasteiger partial charge in [-0.15, -0.1) is 5.10 Å². The second kappa shape index (κ2) is 13.7. The Labute approximate surface area is 207 Å². The summed E-state index contributed by atoms with van der Waals surface area (Å²) in [5, 5.41) is 6.79. The minimum Gasteiger partial charge on any atom is -0.487 e. The number of halogens is 3. The first-order valence-electron chi connectivity index (χ1n) is 11.9. The van der Waals surface area contributed by atoms with Crippen LogP contribution >= 0.6 is 0 Å². The molecule has 2 rings (SSSR count). The molecule has 200 valence electrons. The van der Waals surface area contributed by atoms with Crippen molar-refractivity contribution >= 4 is 11.8 Å². The van der Waals surface area contributed by atoms with Crippen LogP contribution in [0, 0.1) is 0 Å². The molecule has 9 nitrogen and oxygen atoms in total. The summed E-state index contributed by atoms with van der Waals surface area (Å²) in [7, 11) is 1.34. The fraction of sp³-hybridized carbons (Fsp3) is 0.583. The molecule has 1 aromatic carbocycles. The number of aromatic nitrogens is 3. The fourth-order valence-corrected chi connectivity index (χ4v) is 3.38. The zero-order valence-electron chi connectivity index (χ0n) is 20.8. The average Bonchev–Trinajstić information content (AvgIpc) is 2.82. The van der Waals surface area contributed by atoms with Gasteiger partial charge in [0.05, 0.1) is 0 Å². The van der Waals surface area contributed by atoms with Gasteiger partial charge in [-0.25, -0.2) is 9.48 Å². The number of carbonyl (C=O) groups is 1. The lowest BCUT2D eigenvalue weighted by Crippen LogP contribution is -2.42. The maximum Gasteiger partial charge on any atom is 0.389 e. The van der Waals surface area contributed by atoms with E-state index in [1.54, 1.807) is 6.92 Å². The quantitative estimate of drug-likeness (QED) is 0.304. The number of anilines is 1. The van der Waals surface area contributed by atoms with Crippen molar-refractivity contribution < 1.29 is 27.4 Å². The van der Waals surface area contributed by atoms with Crippen LogP contribution in [0.4, 0.5) is 19.0 Å². The van der Waals surface area contributed by atoms with Gasteiger partial charge in [-0.2, -0.15) is 13.2 Å². The van der Waals surface area contributed by atoms with Gasteiger partial charge in [-0.3, -0.25) is 14.2 Å². The predicted molar refractivity (Wildman–Crippen MR) is 128 cm³/mol. The highest BCUT2D eigenvalue weighted by Crippen LogP contribution is 2.21. The molecule has 1 aromatic heterocycles. The summed E-state index contributed by atoms with van der Waals surface area (Å²) >= 11 is 0. The van der Waals surface area contributed by atoms with Crippen molar-refractivity contribution in [2.45, 2.75) is 71.2 Å². The maximum absolute atomic E-state index is 12.5. The molecule has 0 radical (unpaired) electrons. The summed E-state index contributed by atoms with van der Waals surface area (Å²) in [5.74, 6) is 0.324. The Bertz CT molecular complexity index is 1110. The number of alkyl halides is 3. The molecule has 0 amide bonds. The highest BCUT2D eigenvalue weighted by Gasteiger charge is 2.26. The molecule has 0 saturated carbocycles. The van der Waals surface area contributed by atoms with Crippen LogP contribution in [0.1, 0.15) is 51.5 Å². The number of hydrogen-bond donors (Lipinski definition) is 1. The van der Waals surface area contributed by atoms with Crippen LogP contribution in [0.25, 0.3) is 0 Å². The smallest absolute Gasteiger partial charge is 0.389 e. The number of aryl methyl sites for hydroxylation is 2.